The van der Waals surface area contributed by atoms with Crippen molar-refractivity contribution in [1.29, 1.82) is 0 Å². The van der Waals surface area contributed by atoms with E-state index in [2.05, 4.69) is 34.9 Å². The zero-order valence-electron chi connectivity index (χ0n) is 19.4. The van der Waals surface area contributed by atoms with Crippen LogP contribution in [0.15, 0.2) is 67.3 Å². The summed E-state index contributed by atoms with van der Waals surface area (Å²) in [6.07, 6.45) is 7.61. The van der Waals surface area contributed by atoms with E-state index in [1.165, 1.54) is 12.1 Å². The molecule has 0 aliphatic carbocycles. The molecule has 0 atom stereocenters. The van der Waals surface area contributed by atoms with Crippen LogP contribution in [0.25, 0.3) is 56.0 Å². The highest BCUT2D eigenvalue weighted by Gasteiger charge is 2.17. The Hall–Kier alpha value is -4.55. The lowest BCUT2D eigenvalue weighted by atomic mass is 10.1. The molecular weight excluding hydrogens is 495 g/mol. The van der Waals surface area contributed by atoms with Crippen LogP contribution in [0.4, 0.5) is 4.39 Å². The highest BCUT2D eigenvalue weighted by atomic mass is 32.2. The van der Waals surface area contributed by atoms with Crippen molar-refractivity contribution in [2.24, 2.45) is 0 Å². The molecule has 0 aliphatic rings. The summed E-state index contributed by atoms with van der Waals surface area (Å²) in [5, 5.41) is 8.35. The molecule has 0 fully saturated rings. The summed E-state index contributed by atoms with van der Waals surface area (Å²) >= 11 is 0. The van der Waals surface area contributed by atoms with Crippen LogP contribution in [0.3, 0.4) is 0 Å². The average molecular weight is 515 g/mol. The summed E-state index contributed by atoms with van der Waals surface area (Å²) < 4.78 is 39.8. The molecule has 0 saturated carbocycles. The largest absolute Gasteiger partial charge is 0.336 e. The molecule has 37 heavy (non-hydrogen) atoms. The zero-order valence-corrected chi connectivity index (χ0v) is 20.2. The molecule has 0 unspecified atom stereocenters. The van der Waals surface area contributed by atoms with Gasteiger partial charge in [-0.2, -0.15) is 5.10 Å². The molecule has 12 heteroatoms. The van der Waals surface area contributed by atoms with Gasteiger partial charge < -0.3 is 4.98 Å². The van der Waals surface area contributed by atoms with Crippen molar-refractivity contribution >= 4 is 32.0 Å². The van der Waals surface area contributed by atoms with E-state index in [0.717, 1.165) is 28.4 Å². The van der Waals surface area contributed by atoms with Crippen molar-refractivity contribution < 1.29 is 12.8 Å². The Bertz CT molecular complexity index is 1880. The van der Waals surface area contributed by atoms with Gasteiger partial charge in [0.2, 0.25) is 10.0 Å². The molecule has 3 N–H and O–H groups in total. The van der Waals surface area contributed by atoms with E-state index >= 15 is 0 Å². The minimum Gasteiger partial charge on any atom is -0.336 e. The normalized spacial score (nSPS) is 11.9. The number of aromatic nitrogens is 7. The maximum atomic E-state index is 14.5. The van der Waals surface area contributed by atoms with Crippen LogP contribution in [0.2, 0.25) is 0 Å². The Labute approximate surface area is 210 Å². The van der Waals surface area contributed by atoms with Crippen LogP contribution in [-0.4, -0.2) is 49.8 Å². The first-order chi connectivity index (χ1) is 17.8. The van der Waals surface area contributed by atoms with E-state index in [1.54, 1.807) is 36.9 Å². The summed E-state index contributed by atoms with van der Waals surface area (Å²) in [7, 11) is -3.43. The highest BCUT2D eigenvalue weighted by Crippen LogP contribution is 2.32. The van der Waals surface area contributed by atoms with Crippen LogP contribution in [0.5, 0.6) is 0 Å². The van der Waals surface area contributed by atoms with E-state index < -0.39 is 15.8 Å². The summed E-state index contributed by atoms with van der Waals surface area (Å²) in [6, 6.07) is 11.9. The summed E-state index contributed by atoms with van der Waals surface area (Å²) in [6.45, 7) is -0.0429. The number of imidazole rings is 1. The Morgan fingerprint density at radius 2 is 1.84 bits per heavy atom. The maximum Gasteiger partial charge on any atom is 0.209 e. The van der Waals surface area contributed by atoms with Gasteiger partial charge in [-0.15, -0.1) is 0 Å². The van der Waals surface area contributed by atoms with Gasteiger partial charge >= 0.3 is 0 Å². The SMILES string of the molecule is CS(=O)(=O)NCc1cc(F)cc(-c2nccc3[nH]c(-c4n[nH]c5ccc(-c6cnccn6)cc45)nc23)c1. The number of halogens is 1. The molecule has 10 nitrogen and oxygen atoms in total. The Balaban J connectivity index is 1.44. The molecule has 0 saturated heterocycles. The van der Waals surface area contributed by atoms with Crippen LogP contribution in [-0.2, 0) is 16.6 Å². The third kappa shape index (κ3) is 4.55. The van der Waals surface area contributed by atoms with Crippen molar-refractivity contribution in [2.45, 2.75) is 6.54 Å². The number of rotatable bonds is 6. The third-order valence-corrected chi connectivity index (χ3v) is 6.49. The second-order valence-electron chi connectivity index (χ2n) is 8.51. The maximum absolute atomic E-state index is 14.5. The van der Waals surface area contributed by atoms with Crippen LogP contribution < -0.4 is 4.72 Å². The summed E-state index contributed by atoms with van der Waals surface area (Å²) in [4.78, 5) is 21.0. The lowest BCUT2D eigenvalue weighted by Gasteiger charge is -2.07. The molecular formula is C25H19FN8O2S. The molecule has 184 valence electrons. The molecule has 2 aromatic carbocycles. The van der Waals surface area contributed by atoms with Gasteiger partial charge in [-0.3, -0.25) is 20.1 Å². The van der Waals surface area contributed by atoms with Crippen molar-refractivity contribution in [3.63, 3.8) is 0 Å². The number of hydrogen-bond donors (Lipinski definition) is 3. The summed E-state index contributed by atoms with van der Waals surface area (Å²) in [5.41, 5.74) is 5.69. The van der Waals surface area contributed by atoms with Crippen LogP contribution in [0, 0.1) is 5.82 Å². The fourth-order valence-electron chi connectivity index (χ4n) is 4.16. The second kappa shape index (κ2) is 8.84. The number of H-pyrrole nitrogens is 2. The van der Waals surface area contributed by atoms with E-state index in [-0.39, 0.29) is 6.54 Å². The second-order valence-corrected chi connectivity index (χ2v) is 10.3. The van der Waals surface area contributed by atoms with Gasteiger partial charge in [0.15, 0.2) is 5.82 Å². The van der Waals surface area contributed by atoms with Crippen molar-refractivity contribution in [3.05, 3.63) is 78.6 Å². The van der Waals surface area contributed by atoms with Gasteiger partial charge in [0.25, 0.3) is 0 Å². The number of aromatic amines is 2. The van der Waals surface area contributed by atoms with E-state index in [9.17, 15) is 12.8 Å². The Morgan fingerprint density at radius 3 is 2.65 bits per heavy atom. The number of pyridine rings is 1. The number of nitrogens with one attached hydrogen (secondary N) is 3. The van der Waals surface area contributed by atoms with Crippen molar-refractivity contribution in [1.82, 2.24) is 39.8 Å². The number of benzene rings is 2. The Kier molecular flexibility index (Phi) is 5.46. The molecule has 0 bridgehead atoms. The lowest BCUT2D eigenvalue weighted by Crippen LogP contribution is -2.21. The molecule has 0 amide bonds. The van der Waals surface area contributed by atoms with Crippen LogP contribution >= 0.6 is 0 Å². The number of hydrogen-bond acceptors (Lipinski definition) is 7. The Morgan fingerprint density at radius 1 is 0.946 bits per heavy atom. The standard InChI is InChI=1S/C25H19FN8O2S/c1-37(35,36)30-12-14-8-16(10-17(26)9-14)22-24-20(4-5-29-22)31-25(32-24)23-18-11-15(2-3-19(18)33-34-23)21-13-27-6-7-28-21/h2-11,13,30H,12H2,1H3,(H,31,32)(H,33,34). The van der Waals surface area contributed by atoms with Crippen molar-refractivity contribution in [2.75, 3.05) is 6.26 Å². The topological polar surface area (TPSA) is 142 Å². The monoisotopic (exact) mass is 514 g/mol. The predicted molar refractivity (Wildman–Crippen MR) is 137 cm³/mol. The van der Waals surface area contributed by atoms with Gasteiger partial charge in [-0.1, -0.05) is 6.07 Å². The van der Waals surface area contributed by atoms with Gasteiger partial charge in [0.1, 0.15) is 17.0 Å². The van der Waals surface area contributed by atoms with Crippen molar-refractivity contribution in [3.8, 4) is 34.0 Å². The predicted octanol–water partition coefficient (Wildman–Crippen LogP) is 3.81. The number of fused-ring (bicyclic) bond motifs is 2. The first-order valence-electron chi connectivity index (χ1n) is 11.2. The number of nitrogens with zero attached hydrogens (tertiary/aromatic N) is 5. The van der Waals surface area contributed by atoms with Gasteiger partial charge in [0, 0.05) is 41.6 Å². The summed E-state index contributed by atoms with van der Waals surface area (Å²) in [5.74, 6) is 0.00867. The minimum absolute atomic E-state index is 0.0429. The zero-order chi connectivity index (χ0) is 25.6. The van der Waals surface area contributed by atoms with E-state index in [0.29, 0.717) is 39.4 Å². The molecule has 6 aromatic rings. The fourth-order valence-corrected chi connectivity index (χ4v) is 4.59. The first-order valence-corrected chi connectivity index (χ1v) is 13.1. The van der Waals surface area contributed by atoms with Gasteiger partial charge in [-0.05, 0) is 42.0 Å². The van der Waals surface area contributed by atoms with Gasteiger partial charge in [0.05, 0.1) is 34.9 Å². The molecule has 0 aliphatic heterocycles. The lowest BCUT2D eigenvalue weighted by molar-refractivity contribution is 0.586. The van der Waals surface area contributed by atoms with E-state index in [1.807, 2.05) is 18.2 Å². The van der Waals surface area contributed by atoms with Gasteiger partial charge in [-0.25, -0.2) is 22.5 Å². The molecule has 4 aromatic heterocycles. The van der Waals surface area contributed by atoms with Crippen LogP contribution in [0.1, 0.15) is 5.56 Å². The smallest absolute Gasteiger partial charge is 0.209 e. The molecule has 4 heterocycles. The molecule has 0 spiro atoms. The fraction of sp³-hybridized carbons (Fsp3) is 0.0800. The number of sulfonamides is 1. The molecule has 0 radical (unpaired) electrons. The third-order valence-electron chi connectivity index (χ3n) is 5.82. The highest BCUT2D eigenvalue weighted by molar-refractivity contribution is 7.88. The van der Waals surface area contributed by atoms with E-state index in [4.69, 9.17) is 4.98 Å². The molecule has 6 rings (SSSR count). The quantitative estimate of drug-likeness (QED) is 0.307. The first kappa shape index (κ1) is 22.9. The average Bonchev–Trinajstić information content (AvgIpc) is 3.51. The minimum atomic E-state index is -3.43.